The molecule has 3 nitrogen and oxygen atoms in total. The van der Waals surface area contributed by atoms with E-state index in [0.717, 1.165) is 25.8 Å². The maximum atomic E-state index is 11.9. The topological polar surface area (TPSA) is 29.5 Å². The zero-order chi connectivity index (χ0) is 13.0. The number of cyclic esters (lactones) is 1. The molecule has 2 fully saturated rings. The highest BCUT2D eigenvalue weighted by Gasteiger charge is 2.51. The van der Waals surface area contributed by atoms with E-state index in [2.05, 4.69) is 29.2 Å². The summed E-state index contributed by atoms with van der Waals surface area (Å²) < 4.78 is 5.46. The first-order chi connectivity index (χ1) is 9.25. The molecule has 0 N–H and O–H groups in total. The van der Waals surface area contributed by atoms with Gasteiger partial charge in [0.15, 0.2) is 0 Å². The Morgan fingerprint density at radius 3 is 3.00 bits per heavy atom. The number of hydrogen-bond acceptors (Lipinski definition) is 3. The largest absolute Gasteiger partial charge is 0.461 e. The van der Waals surface area contributed by atoms with Crippen LogP contribution < -0.4 is 0 Å². The van der Waals surface area contributed by atoms with E-state index < -0.39 is 0 Å². The highest BCUT2D eigenvalue weighted by atomic mass is 16.6. The number of esters is 1. The summed E-state index contributed by atoms with van der Waals surface area (Å²) in [5, 5.41) is 0. The van der Waals surface area contributed by atoms with Crippen LogP contribution >= 0.6 is 0 Å². The van der Waals surface area contributed by atoms with Crippen LogP contribution in [0.2, 0.25) is 0 Å². The first-order valence-corrected chi connectivity index (χ1v) is 7.30. The van der Waals surface area contributed by atoms with Gasteiger partial charge in [0.05, 0.1) is 12.0 Å². The molecule has 3 aliphatic heterocycles. The Bertz CT molecular complexity index is 527. The SMILES string of the molecule is C[C@H]1OC(=O)[C@@H]2CC[C@@H]3c4ccccc4CCN3[C@H]12. The molecule has 19 heavy (non-hydrogen) atoms. The first kappa shape index (κ1) is 11.5. The molecular weight excluding hydrogens is 238 g/mol. The molecule has 0 unspecified atom stereocenters. The molecule has 0 radical (unpaired) electrons. The number of benzene rings is 1. The second-order valence-electron chi connectivity index (χ2n) is 6.02. The number of nitrogens with zero attached hydrogens (tertiary/aromatic N) is 1. The molecule has 3 heterocycles. The van der Waals surface area contributed by atoms with Gasteiger partial charge in [0.25, 0.3) is 0 Å². The fourth-order valence-corrected chi connectivity index (χ4v) is 4.28. The Morgan fingerprint density at radius 2 is 2.11 bits per heavy atom. The van der Waals surface area contributed by atoms with Crippen molar-refractivity contribution in [2.24, 2.45) is 5.92 Å². The van der Waals surface area contributed by atoms with Gasteiger partial charge in [-0.3, -0.25) is 9.69 Å². The fraction of sp³-hybridized carbons (Fsp3) is 0.562. The predicted molar refractivity (Wildman–Crippen MR) is 71.7 cm³/mol. The number of fused-ring (bicyclic) bond motifs is 5. The van der Waals surface area contributed by atoms with E-state index in [1.165, 1.54) is 11.1 Å². The first-order valence-electron chi connectivity index (χ1n) is 7.30. The molecule has 3 aliphatic rings. The second-order valence-corrected chi connectivity index (χ2v) is 6.02. The van der Waals surface area contributed by atoms with Crippen molar-refractivity contribution in [1.82, 2.24) is 4.90 Å². The van der Waals surface area contributed by atoms with Gasteiger partial charge < -0.3 is 4.74 Å². The van der Waals surface area contributed by atoms with Gasteiger partial charge in [-0.05, 0) is 37.3 Å². The van der Waals surface area contributed by atoms with Crippen LogP contribution in [0.15, 0.2) is 24.3 Å². The third kappa shape index (κ3) is 1.57. The molecule has 4 rings (SSSR count). The fourth-order valence-electron chi connectivity index (χ4n) is 4.28. The van der Waals surface area contributed by atoms with Crippen molar-refractivity contribution in [1.29, 1.82) is 0 Å². The van der Waals surface area contributed by atoms with Crippen LogP contribution in [0.25, 0.3) is 0 Å². The Kier molecular flexibility index (Phi) is 2.46. The van der Waals surface area contributed by atoms with Crippen molar-refractivity contribution in [2.75, 3.05) is 6.54 Å². The van der Waals surface area contributed by atoms with E-state index >= 15 is 0 Å². The zero-order valence-corrected chi connectivity index (χ0v) is 11.2. The van der Waals surface area contributed by atoms with Gasteiger partial charge in [0, 0.05) is 12.6 Å². The summed E-state index contributed by atoms with van der Waals surface area (Å²) in [6.07, 6.45) is 3.20. The van der Waals surface area contributed by atoms with E-state index in [0.29, 0.717) is 12.1 Å². The highest BCUT2D eigenvalue weighted by Crippen LogP contribution is 2.45. The van der Waals surface area contributed by atoms with Crippen LogP contribution in [0, 0.1) is 5.92 Å². The Hall–Kier alpha value is -1.35. The van der Waals surface area contributed by atoms with Crippen LogP contribution in [0.4, 0.5) is 0 Å². The molecule has 0 saturated carbocycles. The number of carbonyl (C=O) groups is 1. The zero-order valence-electron chi connectivity index (χ0n) is 11.2. The number of rotatable bonds is 0. The number of piperidine rings is 1. The maximum Gasteiger partial charge on any atom is 0.310 e. The lowest BCUT2D eigenvalue weighted by Gasteiger charge is -2.46. The molecule has 1 aromatic carbocycles. The molecule has 0 spiro atoms. The van der Waals surface area contributed by atoms with Gasteiger partial charge in [-0.2, -0.15) is 0 Å². The minimum Gasteiger partial charge on any atom is -0.461 e. The normalized spacial score (nSPS) is 37.2. The molecule has 1 aromatic rings. The van der Waals surface area contributed by atoms with Gasteiger partial charge in [-0.1, -0.05) is 24.3 Å². The summed E-state index contributed by atoms with van der Waals surface area (Å²) in [5.74, 6) is 0.131. The lowest BCUT2D eigenvalue weighted by Crippen LogP contribution is -2.52. The van der Waals surface area contributed by atoms with Gasteiger partial charge in [-0.25, -0.2) is 0 Å². The summed E-state index contributed by atoms with van der Waals surface area (Å²) in [5.41, 5.74) is 2.96. The van der Waals surface area contributed by atoms with Crippen molar-refractivity contribution in [3.05, 3.63) is 35.4 Å². The number of carbonyl (C=O) groups excluding carboxylic acids is 1. The third-order valence-corrected chi connectivity index (χ3v) is 5.09. The second kappa shape index (κ2) is 4.07. The lowest BCUT2D eigenvalue weighted by atomic mass is 9.79. The van der Waals surface area contributed by atoms with Gasteiger partial charge >= 0.3 is 5.97 Å². The van der Waals surface area contributed by atoms with Crippen LogP contribution in [-0.4, -0.2) is 29.6 Å². The van der Waals surface area contributed by atoms with Crippen LogP contribution in [0.3, 0.4) is 0 Å². The summed E-state index contributed by atoms with van der Waals surface area (Å²) in [6.45, 7) is 3.11. The van der Waals surface area contributed by atoms with Crippen molar-refractivity contribution < 1.29 is 9.53 Å². The molecule has 0 bridgehead atoms. The molecule has 0 amide bonds. The quantitative estimate of drug-likeness (QED) is 0.668. The molecule has 3 heteroatoms. The minimum atomic E-state index is 0.0230. The maximum absolute atomic E-state index is 11.9. The van der Waals surface area contributed by atoms with Gasteiger partial charge in [-0.15, -0.1) is 0 Å². The summed E-state index contributed by atoms with van der Waals surface area (Å²) in [6, 6.07) is 9.55. The summed E-state index contributed by atoms with van der Waals surface area (Å²) in [7, 11) is 0. The van der Waals surface area contributed by atoms with Crippen LogP contribution in [0.1, 0.15) is 36.9 Å². The molecule has 4 atom stereocenters. The monoisotopic (exact) mass is 257 g/mol. The van der Waals surface area contributed by atoms with Crippen LogP contribution in [-0.2, 0) is 16.0 Å². The number of hydrogen-bond donors (Lipinski definition) is 0. The van der Waals surface area contributed by atoms with Crippen molar-refractivity contribution in [3.8, 4) is 0 Å². The van der Waals surface area contributed by atoms with Crippen molar-refractivity contribution >= 4 is 5.97 Å². The van der Waals surface area contributed by atoms with E-state index in [9.17, 15) is 4.79 Å². The standard InChI is InChI=1S/C16H19NO2/c1-10-15-13(16(18)19-10)6-7-14-12-5-3-2-4-11(12)8-9-17(14)15/h2-5,10,13-15H,6-9H2,1H3/t10-,13-,14-,15-/m1/s1. The highest BCUT2D eigenvalue weighted by molar-refractivity contribution is 5.76. The van der Waals surface area contributed by atoms with E-state index in [4.69, 9.17) is 4.74 Å². The third-order valence-electron chi connectivity index (χ3n) is 5.09. The smallest absolute Gasteiger partial charge is 0.310 e. The summed E-state index contributed by atoms with van der Waals surface area (Å²) in [4.78, 5) is 14.4. The lowest BCUT2D eigenvalue weighted by molar-refractivity contribution is -0.144. The molecule has 100 valence electrons. The molecule has 0 aliphatic carbocycles. The number of ether oxygens (including phenoxy) is 1. The Balaban J connectivity index is 1.72. The van der Waals surface area contributed by atoms with Gasteiger partial charge in [0.2, 0.25) is 0 Å². The predicted octanol–water partition coefficient (Wildman–Crippen LogP) is 2.31. The van der Waals surface area contributed by atoms with E-state index in [-0.39, 0.29) is 18.0 Å². The van der Waals surface area contributed by atoms with E-state index in [1.807, 2.05) is 6.92 Å². The average molecular weight is 257 g/mol. The van der Waals surface area contributed by atoms with E-state index in [1.54, 1.807) is 0 Å². The molecule has 2 saturated heterocycles. The van der Waals surface area contributed by atoms with Crippen molar-refractivity contribution in [3.63, 3.8) is 0 Å². The summed E-state index contributed by atoms with van der Waals surface area (Å²) >= 11 is 0. The van der Waals surface area contributed by atoms with Crippen molar-refractivity contribution in [2.45, 2.75) is 44.4 Å². The average Bonchev–Trinajstić information content (AvgIpc) is 2.74. The molecular formula is C16H19NO2. The minimum absolute atomic E-state index is 0.0230. The Labute approximate surface area is 113 Å². The Morgan fingerprint density at radius 1 is 1.26 bits per heavy atom. The molecule has 0 aromatic heterocycles. The van der Waals surface area contributed by atoms with Crippen LogP contribution in [0.5, 0.6) is 0 Å². The van der Waals surface area contributed by atoms with Gasteiger partial charge in [0.1, 0.15) is 6.10 Å².